The van der Waals surface area contributed by atoms with Crippen LogP contribution in [0.1, 0.15) is 47.2 Å². The Kier molecular flexibility index (Phi) is 8.07. The summed E-state index contributed by atoms with van der Waals surface area (Å²) in [6, 6.07) is 10.2. The average molecular weight is 488 g/mol. The Morgan fingerprint density at radius 3 is 2.56 bits per heavy atom. The van der Waals surface area contributed by atoms with Gasteiger partial charge >= 0.3 is 5.97 Å². The maximum absolute atomic E-state index is 13.3. The number of para-hydroxylation sites is 1. The van der Waals surface area contributed by atoms with Crippen molar-refractivity contribution in [3.63, 3.8) is 0 Å². The molecule has 0 spiro atoms. The lowest BCUT2D eigenvalue weighted by Gasteiger charge is -2.26. The fraction of sp³-hybridized carbons (Fsp3) is 0.480. The van der Waals surface area contributed by atoms with Crippen molar-refractivity contribution in [2.45, 2.75) is 43.4 Å². The van der Waals surface area contributed by atoms with Gasteiger partial charge in [0.05, 0.1) is 30.2 Å². The molecule has 2 aromatic rings. The summed E-state index contributed by atoms with van der Waals surface area (Å²) in [4.78, 5) is 14.6. The van der Waals surface area contributed by atoms with Crippen LogP contribution in [0.3, 0.4) is 0 Å². The molecule has 1 aliphatic heterocycles. The van der Waals surface area contributed by atoms with Gasteiger partial charge in [0.1, 0.15) is 4.90 Å². The summed E-state index contributed by atoms with van der Waals surface area (Å²) in [6.45, 7) is 4.88. The zero-order valence-electron chi connectivity index (χ0n) is 19.4. The Hall–Kier alpha value is -2.62. The molecule has 4 rings (SSSR count). The number of morpholine rings is 1. The van der Waals surface area contributed by atoms with Gasteiger partial charge in [0.2, 0.25) is 0 Å². The van der Waals surface area contributed by atoms with Crippen molar-refractivity contribution >= 4 is 27.4 Å². The van der Waals surface area contributed by atoms with Crippen LogP contribution in [0, 0.1) is 0 Å². The number of benzene rings is 2. The summed E-state index contributed by atoms with van der Waals surface area (Å²) in [7, 11) is -4.00. The number of rotatable bonds is 9. The van der Waals surface area contributed by atoms with Gasteiger partial charge in [-0.1, -0.05) is 24.6 Å². The number of hydrogen-bond donors (Lipinski definition) is 3. The standard InChI is InChI=1S/C25H33N3O5S/c29-25(30)24-20-8-3-1-2-7-19(20)11-12-22(24)27-34(31,32)23-10-5-4-9-21(23)26-13-6-14-28-15-17-33-18-16-28/h4-5,9-12,26-27H,1-3,6-8,13-18H2,(H,29,30). The Labute approximate surface area is 201 Å². The molecule has 0 radical (unpaired) electrons. The number of aryl methyl sites for hydroxylation is 1. The highest BCUT2D eigenvalue weighted by molar-refractivity contribution is 7.92. The van der Waals surface area contributed by atoms with E-state index in [1.165, 1.54) is 6.07 Å². The number of carbonyl (C=O) groups is 1. The maximum atomic E-state index is 13.3. The predicted molar refractivity (Wildman–Crippen MR) is 132 cm³/mol. The van der Waals surface area contributed by atoms with Crippen molar-refractivity contribution in [1.82, 2.24) is 4.90 Å². The number of carboxylic acids is 1. The molecule has 0 bridgehead atoms. The molecule has 2 aliphatic rings. The normalized spacial score (nSPS) is 16.9. The molecule has 0 saturated carbocycles. The molecule has 2 aromatic carbocycles. The third-order valence-corrected chi connectivity index (χ3v) is 7.91. The van der Waals surface area contributed by atoms with Crippen LogP contribution in [0.4, 0.5) is 11.4 Å². The minimum atomic E-state index is -4.00. The minimum absolute atomic E-state index is 0.0685. The first-order valence-electron chi connectivity index (χ1n) is 12.0. The molecule has 3 N–H and O–H groups in total. The van der Waals surface area contributed by atoms with E-state index in [0.717, 1.165) is 76.1 Å². The van der Waals surface area contributed by atoms with E-state index >= 15 is 0 Å². The molecule has 34 heavy (non-hydrogen) atoms. The van der Waals surface area contributed by atoms with E-state index in [-0.39, 0.29) is 16.1 Å². The van der Waals surface area contributed by atoms with Crippen LogP contribution < -0.4 is 10.0 Å². The second-order valence-electron chi connectivity index (χ2n) is 8.83. The summed E-state index contributed by atoms with van der Waals surface area (Å²) < 4.78 is 34.6. The molecule has 1 aliphatic carbocycles. The van der Waals surface area contributed by atoms with Crippen LogP contribution in [-0.2, 0) is 27.6 Å². The summed E-state index contributed by atoms with van der Waals surface area (Å²) in [5, 5.41) is 13.2. The summed E-state index contributed by atoms with van der Waals surface area (Å²) in [5.41, 5.74) is 2.44. The van der Waals surface area contributed by atoms with Crippen molar-refractivity contribution < 1.29 is 23.1 Å². The van der Waals surface area contributed by atoms with Crippen molar-refractivity contribution in [2.24, 2.45) is 0 Å². The fourth-order valence-corrected chi connectivity index (χ4v) is 5.99. The monoisotopic (exact) mass is 487 g/mol. The van der Waals surface area contributed by atoms with E-state index < -0.39 is 16.0 Å². The van der Waals surface area contributed by atoms with E-state index in [2.05, 4.69) is 14.9 Å². The first-order chi connectivity index (χ1) is 16.5. The van der Waals surface area contributed by atoms with Gasteiger partial charge in [-0.25, -0.2) is 13.2 Å². The van der Waals surface area contributed by atoms with Crippen molar-refractivity contribution in [2.75, 3.05) is 49.4 Å². The number of ether oxygens (including phenoxy) is 1. The second kappa shape index (κ2) is 11.2. The summed E-state index contributed by atoms with van der Waals surface area (Å²) in [6.07, 6.45) is 5.30. The van der Waals surface area contributed by atoms with Crippen molar-refractivity contribution in [3.8, 4) is 0 Å². The van der Waals surface area contributed by atoms with Gasteiger partial charge in [0.15, 0.2) is 0 Å². The topological polar surface area (TPSA) is 108 Å². The molecule has 0 amide bonds. The largest absolute Gasteiger partial charge is 0.478 e. The third-order valence-electron chi connectivity index (χ3n) is 6.49. The van der Waals surface area contributed by atoms with Crippen molar-refractivity contribution in [3.05, 3.63) is 53.1 Å². The number of nitrogens with one attached hydrogen (secondary N) is 2. The highest BCUT2D eigenvalue weighted by Crippen LogP contribution is 2.32. The molecule has 1 heterocycles. The fourth-order valence-electron chi connectivity index (χ4n) is 4.73. The molecule has 1 fully saturated rings. The number of fused-ring (bicyclic) bond motifs is 1. The number of anilines is 2. The smallest absolute Gasteiger partial charge is 0.338 e. The molecule has 0 atom stereocenters. The average Bonchev–Trinajstić information content (AvgIpc) is 3.08. The summed E-state index contributed by atoms with van der Waals surface area (Å²) >= 11 is 0. The third kappa shape index (κ3) is 5.89. The zero-order valence-corrected chi connectivity index (χ0v) is 20.2. The van der Waals surface area contributed by atoms with E-state index in [1.54, 1.807) is 24.3 Å². The van der Waals surface area contributed by atoms with Crippen molar-refractivity contribution in [1.29, 1.82) is 0 Å². The van der Waals surface area contributed by atoms with Crippen LogP contribution in [0.2, 0.25) is 0 Å². The lowest BCUT2D eigenvalue weighted by atomic mass is 9.96. The Morgan fingerprint density at radius 1 is 1.00 bits per heavy atom. The van der Waals surface area contributed by atoms with Crippen LogP contribution in [0.15, 0.2) is 41.3 Å². The van der Waals surface area contributed by atoms with E-state index in [1.807, 2.05) is 6.07 Å². The number of hydrogen-bond acceptors (Lipinski definition) is 6. The Bertz CT molecular complexity index is 1110. The summed E-state index contributed by atoms with van der Waals surface area (Å²) in [5.74, 6) is -1.11. The van der Waals surface area contributed by atoms with Crippen LogP contribution in [-0.4, -0.2) is 63.8 Å². The first-order valence-corrected chi connectivity index (χ1v) is 13.5. The van der Waals surface area contributed by atoms with Gasteiger partial charge in [-0.15, -0.1) is 0 Å². The van der Waals surface area contributed by atoms with E-state index in [0.29, 0.717) is 18.7 Å². The van der Waals surface area contributed by atoms with Crippen LogP contribution in [0.5, 0.6) is 0 Å². The number of sulfonamides is 1. The zero-order chi connectivity index (χ0) is 24.0. The Morgan fingerprint density at radius 2 is 1.76 bits per heavy atom. The molecule has 1 saturated heterocycles. The molecular formula is C25H33N3O5S. The Balaban J connectivity index is 1.50. The molecule has 8 nitrogen and oxygen atoms in total. The van der Waals surface area contributed by atoms with Gasteiger partial charge in [-0.05, 0) is 68.0 Å². The van der Waals surface area contributed by atoms with E-state index in [9.17, 15) is 18.3 Å². The van der Waals surface area contributed by atoms with Gasteiger partial charge < -0.3 is 15.2 Å². The molecule has 0 unspecified atom stereocenters. The maximum Gasteiger partial charge on any atom is 0.338 e. The lowest BCUT2D eigenvalue weighted by Crippen LogP contribution is -2.37. The highest BCUT2D eigenvalue weighted by atomic mass is 32.2. The van der Waals surface area contributed by atoms with E-state index in [4.69, 9.17) is 4.74 Å². The number of aromatic carboxylic acids is 1. The van der Waals surface area contributed by atoms with Gasteiger partial charge in [0.25, 0.3) is 10.0 Å². The predicted octanol–water partition coefficient (Wildman–Crippen LogP) is 3.59. The molecule has 184 valence electrons. The first kappa shape index (κ1) is 24.5. The van der Waals surface area contributed by atoms with Gasteiger partial charge in [-0.3, -0.25) is 9.62 Å². The number of carboxylic acid groups (broad SMARTS) is 1. The van der Waals surface area contributed by atoms with Crippen LogP contribution in [0.25, 0.3) is 0 Å². The van der Waals surface area contributed by atoms with Crippen LogP contribution >= 0.6 is 0 Å². The highest BCUT2D eigenvalue weighted by Gasteiger charge is 2.25. The molecule has 9 heteroatoms. The molecule has 0 aromatic heterocycles. The molecular weight excluding hydrogens is 454 g/mol. The lowest BCUT2D eigenvalue weighted by molar-refractivity contribution is 0.0378. The quantitative estimate of drug-likeness (QED) is 0.366. The minimum Gasteiger partial charge on any atom is -0.478 e. The van der Waals surface area contributed by atoms with Gasteiger partial charge in [0, 0.05) is 19.6 Å². The second-order valence-corrected chi connectivity index (χ2v) is 10.5. The SMILES string of the molecule is O=C(O)c1c(NS(=O)(=O)c2ccccc2NCCCN2CCOCC2)ccc2c1CCCCC2. The van der Waals surface area contributed by atoms with Gasteiger partial charge in [-0.2, -0.15) is 0 Å². The number of nitrogens with zero attached hydrogens (tertiary/aromatic N) is 1.